The normalized spacial score (nSPS) is 17.0. The monoisotopic (exact) mass is 247 g/mol. The second-order valence-corrected chi connectivity index (χ2v) is 4.12. The van der Waals surface area contributed by atoms with Crippen LogP contribution in [-0.4, -0.2) is 31.4 Å². The van der Waals surface area contributed by atoms with E-state index in [2.05, 4.69) is 4.99 Å². The molecule has 0 bridgehead atoms. The van der Waals surface area contributed by atoms with Gasteiger partial charge in [-0.1, -0.05) is 12.1 Å². The van der Waals surface area contributed by atoms with E-state index in [1.54, 1.807) is 14.0 Å². The van der Waals surface area contributed by atoms with Crippen LogP contribution >= 0.6 is 0 Å². The molecule has 1 aliphatic rings. The van der Waals surface area contributed by atoms with Crippen molar-refractivity contribution in [1.29, 1.82) is 0 Å². The van der Waals surface area contributed by atoms with E-state index in [0.717, 1.165) is 24.3 Å². The number of hydrogen-bond donors (Lipinski definition) is 0. The fourth-order valence-electron chi connectivity index (χ4n) is 1.80. The number of methoxy groups -OCH3 is 1. The molecule has 2 rings (SSSR count). The lowest BCUT2D eigenvalue weighted by atomic mass is 10.1. The number of carbonyl (C=O) groups is 1. The van der Waals surface area contributed by atoms with Crippen LogP contribution in [0.5, 0.6) is 5.75 Å². The lowest BCUT2D eigenvalue weighted by Gasteiger charge is -2.02. The van der Waals surface area contributed by atoms with Crippen LogP contribution < -0.4 is 4.74 Å². The highest BCUT2D eigenvalue weighted by Gasteiger charge is 2.35. The molecule has 1 heterocycles. The Morgan fingerprint density at radius 1 is 1.28 bits per heavy atom. The maximum atomic E-state index is 11.4. The van der Waals surface area contributed by atoms with E-state index >= 15 is 0 Å². The standard InChI is InChI=1S/C14H17NO3/c1-3-18-14(16)13-12(15-13)9-6-10-4-7-11(17-2)8-5-10/h4-5,7-8,13H,3,6,9H2,1-2H3. The summed E-state index contributed by atoms with van der Waals surface area (Å²) in [7, 11) is 1.65. The van der Waals surface area contributed by atoms with Crippen LogP contribution in [0.1, 0.15) is 18.9 Å². The van der Waals surface area contributed by atoms with E-state index in [4.69, 9.17) is 9.47 Å². The quantitative estimate of drug-likeness (QED) is 0.722. The molecule has 1 atom stereocenters. The first-order chi connectivity index (χ1) is 8.74. The van der Waals surface area contributed by atoms with Crippen LogP contribution in [0.15, 0.2) is 29.3 Å². The number of esters is 1. The molecule has 96 valence electrons. The van der Waals surface area contributed by atoms with Gasteiger partial charge in [0.15, 0.2) is 6.04 Å². The Balaban J connectivity index is 1.76. The van der Waals surface area contributed by atoms with Crippen molar-refractivity contribution in [1.82, 2.24) is 0 Å². The molecule has 1 unspecified atom stereocenters. The number of benzene rings is 1. The molecular formula is C14H17NO3. The average Bonchev–Trinajstić information content (AvgIpc) is 3.17. The lowest BCUT2D eigenvalue weighted by Crippen LogP contribution is -2.16. The zero-order valence-electron chi connectivity index (χ0n) is 10.7. The number of ether oxygens (including phenoxy) is 2. The summed E-state index contributed by atoms with van der Waals surface area (Å²) in [5.41, 5.74) is 2.16. The summed E-state index contributed by atoms with van der Waals surface area (Å²) in [6.45, 7) is 2.22. The molecule has 0 saturated carbocycles. The van der Waals surface area contributed by atoms with Crippen LogP contribution in [0, 0.1) is 0 Å². The molecule has 0 fully saturated rings. The number of nitrogens with zero attached hydrogens (tertiary/aromatic N) is 1. The molecule has 1 aromatic rings. The van der Waals surface area contributed by atoms with Gasteiger partial charge in [-0.25, -0.2) is 4.79 Å². The first-order valence-corrected chi connectivity index (χ1v) is 6.10. The predicted octanol–water partition coefficient (Wildman–Crippen LogP) is 2.01. The zero-order chi connectivity index (χ0) is 13.0. The van der Waals surface area contributed by atoms with Crippen LogP contribution in [0.3, 0.4) is 0 Å². The Hall–Kier alpha value is -1.84. The van der Waals surface area contributed by atoms with Crippen molar-refractivity contribution in [2.24, 2.45) is 4.99 Å². The van der Waals surface area contributed by atoms with Gasteiger partial charge in [-0.15, -0.1) is 0 Å². The minimum atomic E-state index is -0.303. The summed E-state index contributed by atoms with van der Waals surface area (Å²) in [5.74, 6) is 0.633. The van der Waals surface area contributed by atoms with Gasteiger partial charge in [-0.05, 0) is 37.5 Å². The third kappa shape index (κ3) is 3.09. The van der Waals surface area contributed by atoms with Crippen LogP contribution in [0.25, 0.3) is 0 Å². The van der Waals surface area contributed by atoms with E-state index in [9.17, 15) is 4.79 Å². The Kier molecular flexibility index (Phi) is 3.97. The first kappa shape index (κ1) is 12.6. The highest BCUT2D eigenvalue weighted by Crippen LogP contribution is 2.20. The molecule has 0 saturated heterocycles. The largest absolute Gasteiger partial charge is 0.497 e. The third-order valence-electron chi connectivity index (χ3n) is 2.88. The number of rotatable bonds is 6. The number of carbonyl (C=O) groups excluding carboxylic acids is 1. The number of aryl methyl sites for hydroxylation is 1. The fourth-order valence-corrected chi connectivity index (χ4v) is 1.80. The molecule has 0 spiro atoms. The highest BCUT2D eigenvalue weighted by molar-refractivity contribution is 6.16. The summed E-state index contributed by atoms with van der Waals surface area (Å²) in [6.07, 6.45) is 1.70. The van der Waals surface area contributed by atoms with Crippen LogP contribution in [0.2, 0.25) is 0 Å². The maximum absolute atomic E-state index is 11.4. The van der Waals surface area contributed by atoms with Crippen molar-refractivity contribution >= 4 is 11.7 Å². The smallest absolute Gasteiger partial charge is 0.336 e. The zero-order valence-corrected chi connectivity index (χ0v) is 10.7. The molecule has 0 N–H and O–H groups in total. The number of aliphatic imine (C=N–C) groups is 1. The molecule has 4 heteroatoms. The molecule has 1 aliphatic heterocycles. The van der Waals surface area contributed by atoms with E-state index in [1.165, 1.54) is 5.56 Å². The van der Waals surface area contributed by atoms with Gasteiger partial charge >= 0.3 is 5.97 Å². The van der Waals surface area contributed by atoms with Crippen molar-refractivity contribution in [3.63, 3.8) is 0 Å². The molecule has 0 aromatic heterocycles. The minimum absolute atomic E-state index is 0.220. The SMILES string of the molecule is CCOC(=O)C1N=C1CCc1ccc(OC)cc1. The van der Waals surface area contributed by atoms with Crippen molar-refractivity contribution < 1.29 is 14.3 Å². The lowest BCUT2D eigenvalue weighted by molar-refractivity contribution is -0.142. The summed E-state index contributed by atoms with van der Waals surface area (Å²) >= 11 is 0. The van der Waals surface area contributed by atoms with Crippen molar-refractivity contribution in [2.75, 3.05) is 13.7 Å². The van der Waals surface area contributed by atoms with Gasteiger partial charge < -0.3 is 9.47 Å². The third-order valence-corrected chi connectivity index (χ3v) is 2.88. The molecule has 18 heavy (non-hydrogen) atoms. The molecule has 0 radical (unpaired) electrons. The predicted molar refractivity (Wildman–Crippen MR) is 69.2 cm³/mol. The van der Waals surface area contributed by atoms with Gasteiger partial charge in [-0.3, -0.25) is 4.99 Å². The van der Waals surface area contributed by atoms with Crippen molar-refractivity contribution in [3.8, 4) is 5.75 Å². The van der Waals surface area contributed by atoms with Gasteiger partial charge in [0.05, 0.1) is 19.4 Å². The highest BCUT2D eigenvalue weighted by atomic mass is 16.5. The minimum Gasteiger partial charge on any atom is -0.497 e. The average molecular weight is 247 g/mol. The summed E-state index contributed by atoms with van der Waals surface area (Å²) in [5, 5.41) is 0. The molecular weight excluding hydrogens is 230 g/mol. The Morgan fingerprint density at radius 3 is 2.61 bits per heavy atom. The van der Waals surface area contributed by atoms with E-state index in [-0.39, 0.29) is 12.0 Å². The van der Waals surface area contributed by atoms with E-state index < -0.39 is 0 Å². The fraction of sp³-hybridized carbons (Fsp3) is 0.429. The van der Waals surface area contributed by atoms with Gasteiger partial charge in [0.2, 0.25) is 0 Å². The summed E-state index contributed by atoms with van der Waals surface area (Å²) in [4.78, 5) is 15.5. The van der Waals surface area contributed by atoms with E-state index in [0.29, 0.717) is 6.61 Å². The van der Waals surface area contributed by atoms with Crippen molar-refractivity contribution in [2.45, 2.75) is 25.8 Å². The topological polar surface area (TPSA) is 47.9 Å². The van der Waals surface area contributed by atoms with Crippen LogP contribution in [0.4, 0.5) is 0 Å². The molecule has 4 nitrogen and oxygen atoms in total. The number of hydrogen-bond acceptors (Lipinski definition) is 4. The first-order valence-electron chi connectivity index (χ1n) is 6.10. The maximum Gasteiger partial charge on any atom is 0.336 e. The molecule has 0 aliphatic carbocycles. The summed E-state index contributed by atoms with van der Waals surface area (Å²) < 4.78 is 10.0. The van der Waals surface area contributed by atoms with Gasteiger partial charge in [0.25, 0.3) is 0 Å². The molecule has 0 amide bonds. The second kappa shape index (κ2) is 5.67. The van der Waals surface area contributed by atoms with Crippen molar-refractivity contribution in [3.05, 3.63) is 29.8 Å². The van der Waals surface area contributed by atoms with E-state index in [1.807, 2.05) is 24.3 Å². The van der Waals surface area contributed by atoms with Gasteiger partial charge in [-0.2, -0.15) is 0 Å². The molecule has 1 aromatic carbocycles. The van der Waals surface area contributed by atoms with Crippen LogP contribution in [-0.2, 0) is 16.0 Å². The Labute approximate surface area is 107 Å². The Bertz CT molecular complexity index is 451. The Morgan fingerprint density at radius 2 is 2.00 bits per heavy atom. The van der Waals surface area contributed by atoms with Gasteiger partial charge in [0.1, 0.15) is 5.75 Å². The van der Waals surface area contributed by atoms with Gasteiger partial charge in [0, 0.05) is 0 Å². The second-order valence-electron chi connectivity index (χ2n) is 4.12. The summed E-state index contributed by atoms with van der Waals surface area (Å²) in [6, 6.07) is 7.63.